The summed E-state index contributed by atoms with van der Waals surface area (Å²) in [7, 11) is 0. The van der Waals surface area contributed by atoms with Crippen LogP contribution in [0.2, 0.25) is 0 Å². The number of nitrogens with two attached hydrogens (primary N) is 1. The Labute approximate surface area is 91.7 Å². The van der Waals surface area contributed by atoms with Crippen LogP contribution in [-0.2, 0) is 6.42 Å². The average Bonchev–Trinajstić information content (AvgIpc) is 2.77. The molecular weight excluding hydrogens is 216 g/mol. The minimum absolute atomic E-state index is 0.566. The molecule has 6 heteroatoms. The molecule has 1 aromatic heterocycles. The van der Waals surface area contributed by atoms with Gasteiger partial charge in [-0.15, -0.1) is 10.2 Å². The van der Waals surface area contributed by atoms with Crippen molar-refractivity contribution in [3.8, 4) is 0 Å². The number of nitrogens with one attached hydrogen (secondary N) is 1. The summed E-state index contributed by atoms with van der Waals surface area (Å²) in [5.74, 6) is 2.54. The van der Waals surface area contributed by atoms with E-state index < -0.39 is 0 Å². The zero-order valence-corrected chi connectivity index (χ0v) is 9.53. The first-order chi connectivity index (χ1) is 6.84. The normalized spacial score (nSPS) is 21.6. The highest BCUT2D eigenvalue weighted by Gasteiger charge is 2.14. The zero-order valence-electron chi connectivity index (χ0n) is 7.90. The number of anilines is 1. The van der Waals surface area contributed by atoms with Crippen LogP contribution in [0.1, 0.15) is 11.4 Å². The Bertz CT molecular complexity index is 283. The molecule has 0 spiro atoms. The summed E-state index contributed by atoms with van der Waals surface area (Å²) >= 11 is 3.51. The van der Waals surface area contributed by atoms with Crippen LogP contribution in [0.25, 0.3) is 0 Å². The monoisotopic (exact) mass is 230 g/mol. The molecule has 0 saturated carbocycles. The Morgan fingerprint density at radius 2 is 2.43 bits per heavy atom. The highest BCUT2D eigenvalue weighted by atomic mass is 32.2. The number of thioether (sulfide) groups is 1. The molecule has 0 radical (unpaired) electrons. The van der Waals surface area contributed by atoms with E-state index in [0.717, 1.165) is 18.0 Å². The summed E-state index contributed by atoms with van der Waals surface area (Å²) < 4.78 is 0. The highest BCUT2D eigenvalue weighted by Crippen LogP contribution is 2.17. The molecule has 1 aliphatic heterocycles. The Hall–Kier alpha value is -0.330. The van der Waals surface area contributed by atoms with Crippen molar-refractivity contribution >= 4 is 28.2 Å². The summed E-state index contributed by atoms with van der Waals surface area (Å²) in [6.07, 6.45) is 2.24. The van der Waals surface area contributed by atoms with Crippen molar-refractivity contribution < 1.29 is 0 Å². The van der Waals surface area contributed by atoms with Crippen molar-refractivity contribution in [2.24, 2.45) is 0 Å². The van der Waals surface area contributed by atoms with Gasteiger partial charge in [0.25, 0.3) is 0 Å². The summed E-state index contributed by atoms with van der Waals surface area (Å²) in [5.41, 5.74) is 5.49. The van der Waals surface area contributed by atoms with E-state index in [9.17, 15) is 0 Å². The van der Waals surface area contributed by atoms with Gasteiger partial charge in [0.05, 0.1) is 0 Å². The van der Waals surface area contributed by atoms with Crippen LogP contribution in [-0.4, -0.2) is 34.3 Å². The van der Waals surface area contributed by atoms with Crippen LogP contribution in [0.4, 0.5) is 5.13 Å². The number of nitrogens with zero attached hydrogens (tertiary/aromatic N) is 2. The summed E-state index contributed by atoms with van der Waals surface area (Å²) in [6, 6.07) is 0.699. The molecule has 1 saturated heterocycles. The van der Waals surface area contributed by atoms with Crippen molar-refractivity contribution in [2.45, 2.75) is 18.9 Å². The minimum atomic E-state index is 0.566. The lowest BCUT2D eigenvalue weighted by Gasteiger charge is -2.09. The molecule has 0 bridgehead atoms. The van der Waals surface area contributed by atoms with E-state index in [4.69, 9.17) is 5.73 Å². The van der Waals surface area contributed by atoms with Crippen molar-refractivity contribution in [1.82, 2.24) is 15.5 Å². The Balaban J connectivity index is 1.67. The largest absolute Gasteiger partial charge is 0.374 e. The molecule has 2 heterocycles. The third-order valence-corrected chi connectivity index (χ3v) is 4.16. The Kier molecular flexibility index (Phi) is 3.61. The van der Waals surface area contributed by atoms with Gasteiger partial charge in [0.15, 0.2) is 0 Å². The zero-order chi connectivity index (χ0) is 9.80. The number of rotatable bonds is 4. The molecule has 4 nitrogen and oxygen atoms in total. The smallest absolute Gasteiger partial charge is 0.203 e. The van der Waals surface area contributed by atoms with Crippen LogP contribution in [0.3, 0.4) is 0 Å². The summed E-state index contributed by atoms with van der Waals surface area (Å²) in [5, 5.41) is 12.9. The predicted molar refractivity (Wildman–Crippen MR) is 61.8 cm³/mol. The van der Waals surface area contributed by atoms with Crippen molar-refractivity contribution in [2.75, 3.05) is 23.8 Å². The van der Waals surface area contributed by atoms with Crippen LogP contribution >= 0.6 is 23.1 Å². The number of aromatic nitrogens is 2. The van der Waals surface area contributed by atoms with E-state index in [2.05, 4.69) is 15.5 Å². The van der Waals surface area contributed by atoms with E-state index in [1.165, 1.54) is 29.3 Å². The molecule has 1 fully saturated rings. The van der Waals surface area contributed by atoms with Crippen molar-refractivity contribution in [1.29, 1.82) is 0 Å². The van der Waals surface area contributed by atoms with Gasteiger partial charge in [0.1, 0.15) is 5.01 Å². The molecule has 2 rings (SSSR count). The van der Waals surface area contributed by atoms with Crippen LogP contribution < -0.4 is 11.1 Å². The van der Waals surface area contributed by atoms with Gasteiger partial charge in [-0.1, -0.05) is 11.3 Å². The first-order valence-electron chi connectivity index (χ1n) is 4.73. The van der Waals surface area contributed by atoms with Crippen LogP contribution in [0.5, 0.6) is 0 Å². The highest BCUT2D eigenvalue weighted by molar-refractivity contribution is 7.99. The van der Waals surface area contributed by atoms with Crippen molar-refractivity contribution in [3.05, 3.63) is 5.01 Å². The summed E-state index contributed by atoms with van der Waals surface area (Å²) in [6.45, 7) is 0.986. The first kappa shape index (κ1) is 10.2. The Morgan fingerprint density at radius 3 is 3.07 bits per heavy atom. The second kappa shape index (κ2) is 4.95. The molecule has 1 aliphatic rings. The second-order valence-electron chi connectivity index (χ2n) is 3.30. The van der Waals surface area contributed by atoms with Crippen LogP contribution in [0.15, 0.2) is 0 Å². The van der Waals surface area contributed by atoms with E-state index in [0.29, 0.717) is 11.2 Å². The maximum absolute atomic E-state index is 5.49. The standard InChI is InChI=1S/C8H14N4S2/c9-8-12-11-7(14-8)1-3-10-6-2-4-13-5-6/h6,10H,1-5H2,(H2,9,12). The van der Waals surface area contributed by atoms with Gasteiger partial charge in [-0.2, -0.15) is 11.8 Å². The van der Waals surface area contributed by atoms with Gasteiger partial charge in [-0.3, -0.25) is 0 Å². The maximum atomic E-state index is 5.49. The van der Waals surface area contributed by atoms with Gasteiger partial charge in [-0.25, -0.2) is 0 Å². The molecular formula is C8H14N4S2. The quantitative estimate of drug-likeness (QED) is 0.799. The first-order valence-corrected chi connectivity index (χ1v) is 6.70. The lowest BCUT2D eigenvalue weighted by molar-refractivity contribution is 0.559. The third kappa shape index (κ3) is 2.83. The molecule has 1 atom stereocenters. The van der Waals surface area contributed by atoms with E-state index in [1.54, 1.807) is 0 Å². The molecule has 1 aromatic rings. The summed E-state index contributed by atoms with van der Waals surface area (Å²) in [4.78, 5) is 0. The van der Waals surface area contributed by atoms with Gasteiger partial charge in [0.2, 0.25) is 5.13 Å². The fourth-order valence-corrected chi connectivity index (χ4v) is 3.24. The topological polar surface area (TPSA) is 63.8 Å². The fourth-order valence-electron chi connectivity index (χ4n) is 1.45. The second-order valence-corrected chi connectivity index (χ2v) is 5.54. The van der Waals surface area contributed by atoms with Gasteiger partial charge >= 0.3 is 0 Å². The van der Waals surface area contributed by atoms with Gasteiger partial charge < -0.3 is 11.1 Å². The average molecular weight is 230 g/mol. The van der Waals surface area contributed by atoms with E-state index in [1.807, 2.05) is 11.8 Å². The van der Waals surface area contributed by atoms with E-state index >= 15 is 0 Å². The molecule has 78 valence electrons. The Morgan fingerprint density at radius 1 is 1.50 bits per heavy atom. The SMILES string of the molecule is Nc1nnc(CCNC2CCSC2)s1. The van der Waals surface area contributed by atoms with E-state index in [-0.39, 0.29) is 0 Å². The molecule has 3 N–H and O–H groups in total. The number of hydrogen-bond acceptors (Lipinski definition) is 6. The molecule has 1 unspecified atom stereocenters. The third-order valence-electron chi connectivity index (χ3n) is 2.18. The predicted octanol–water partition coefficient (Wildman–Crippen LogP) is 0.758. The van der Waals surface area contributed by atoms with Gasteiger partial charge in [0, 0.05) is 24.8 Å². The minimum Gasteiger partial charge on any atom is -0.374 e. The maximum Gasteiger partial charge on any atom is 0.203 e. The molecule has 0 amide bonds. The fraction of sp³-hybridized carbons (Fsp3) is 0.750. The number of hydrogen-bond donors (Lipinski definition) is 2. The van der Waals surface area contributed by atoms with Crippen molar-refractivity contribution in [3.63, 3.8) is 0 Å². The molecule has 0 aliphatic carbocycles. The molecule has 0 aromatic carbocycles. The number of nitrogen functional groups attached to an aromatic ring is 1. The lowest BCUT2D eigenvalue weighted by atomic mass is 10.2. The van der Waals surface area contributed by atoms with Crippen LogP contribution in [0, 0.1) is 0 Å². The lowest BCUT2D eigenvalue weighted by Crippen LogP contribution is -2.30. The van der Waals surface area contributed by atoms with Gasteiger partial charge in [-0.05, 0) is 12.2 Å². The molecule has 14 heavy (non-hydrogen) atoms.